The number of nitrogens with one attached hydrogen (secondary N) is 1. The number of hydrogen-bond donors (Lipinski definition) is 1. The van der Waals surface area contributed by atoms with Crippen molar-refractivity contribution in [2.75, 3.05) is 0 Å². The maximum atomic E-state index is 13.3. The molecule has 1 saturated carbocycles. The van der Waals surface area contributed by atoms with Gasteiger partial charge in [0, 0.05) is 17.8 Å². The minimum atomic E-state index is -0.537. The van der Waals surface area contributed by atoms with Crippen molar-refractivity contribution in [2.45, 2.75) is 45.1 Å². The summed E-state index contributed by atoms with van der Waals surface area (Å²) in [5, 5.41) is 7.76. The van der Waals surface area contributed by atoms with E-state index >= 15 is 0 Å². The lowest BCUT2D eigenvalue weighted by atomic mass is 9.64. The second kappa shape index (κ2) is 7.23. The molecule has 1 aliphatic carbocycles. The van der Waals surface area contributed by atoms with Gasteiger partial charge in [-0.1, -0.05) is 36.8 Å². The van der Waals surface area contributed by atoms with Crippen LogP contribution in [0.5, 0.6) is 0 Å². The second-order valence-electron chi connectivity index (χ2n) is 7.52. The Hall–Kier alpha value is -2.95. The molecular weight excluding hydrogens is 353 g/mol. The fraction of sp³-hybridized carbons (Fsp3) is 0.304. The molecule has 0 radical (unpaired) electrons. The fourth-order valence-corrected chi connectivity index (χ4v) is 4.04. The maximum Gasteiger partial charge on any atom is 0.230 e. The number of aryl methyl sites for hydroxylation is 1. The third-order valence-electron chi connectivity index (χ3n) is 5.91. The average Bonchev–Trinajstić information content (AvgIpc) is 2.95. The maximum absolute atomic E-state index is 13.3. The zero-order chi connectivity index (χ0) is 19.7. The van der Waals surface area contributed by atoms with Crippen molar-refractivity contribution in [3.05, 3.63) is 82.9 Å². The molecule has 0 atom stereocenters. The van der Waals surface area contributed by atoms with E-state index in [0.717, 1.165) is 47.5 Å². The summed E-state index contributed by atoms with van der Waals surface area (Å²) in [5.41, 5.74) is 4.32. The van der Waals surface area contributed by atoms with E-state index in [1.165, 1.54) is 12.1 Å². The van der Waals surface area contributed by atoms with Gasteiger partial charge in [-0.15, -0.1) is 0 Å². The van der Waals surface area contributed by atoms with Crippen LogP contribution in [0.25, 0.3) is 5.69 Å². The Kier molecular flexibility index (Phi) is 4.75. The van der Waals surface area contributed by atoms with Gasteiger partial charge >= 0.3 is 0 Å². The van der Waals surface area contributed by atoms with Gasteiger partial charge in [0.25, 0.3) is 0 Å². The van der Waals surface area contributed by atoms with Crippen LogP contribution in [0.1, 0.15) is 41.8 Å². The lowest BCUT2D eigenvalue weighted by Crippen LogP contribution is -2.49. The Morgan fingerprint density at radius 2 is 1.79 bits per heavy atom. The predicted molar refractivity (Wildman–Crippen MR) is 107 cm³/mol. The van der Waals surface area contributed by atoms with Gasteiger partial charge in [0.05, 0.1) is 16.8 Å². The highest BCUT2D eigenvalue weighted by Crippen LogP contribution is 2.44. The van der Waals surface area contributed by atoms with Crippen molar-refractivity contribution in [3.63, 3.8) is 0 Å². The molecular formula is C23H24FN3O. The molecule has 1 fully saturated rings. The number of amides is 1. The monoisotopic (exact) mass is 377 g/mol. The molecule has 1 aliphatic rings. The fourth-order valence-electron chi connectivity index (χ4n) is 4.04. The van der Waals surface area contributed by atoms with Crippen LogP contribution in [0.4, 0.5) is 4.39 Å². The van der Waals surface area contributed by atoms with Crippen molar-refractivity contribution >= 4 is 5.91 Å². The Labute approximate surface area is 164 Å². The number of aromatic nitrogens is 2. The van der Waals surface area contributed by atoms with Crippen molar-refractivity contribution in [3.8, 4) is 5.69 Å². The topological polar surface area (TPSA) is 46.9 Å². The minimum Gasteiger partial charge on any atom is -0.351 e. The normalized spacial score (nSPS) is 15.1. The van der Waals surface area contributed by atoms with E-state index in [0.29, 0.717) is 6.54 Å². The quantitative estimate of drug-likeness (QED) is 0.718. The Morgan fingerprint density at radius 3 is 2.39 bits per heavy atom. The van der Waals surface area contributed by atoms with Crippen molar-refractivity contribution in [1.82, 2.24) is 15.1 Å². The van der Waals surface area contributed by atoms with E-state index in [9.17, 15) is 9.18 Å². The number of halogens is 1. The van der Waals surface area contributed by atoms with E-state index in [2.05, 4.69) is 10.4 Å². The lowest BCUT2D eigenvalue weighted by molar-refractivity contribution is -0.130. The molecule has 4 nitrogen and oxygen atoms in total. The second-order valence-corrected chi connectivity index (χ2v) is 7.52. The van der Waals surface area contributed by atoms with Gasteiger partial charge in [0.15, 0.2) is 0 Å². The average molecular weight is 377 g/mol. The summed E-state index contributed by atoms with van der Waals surface area (Å²) in [4.78, 5) is 13.1. The van der Waals surface area contributed by atoms with Gasteiger partial charge < -0.3 is 5.32 Å². The van der Waals surface area contributed by atoms with Crippen molar-refractivity contribution < 1.29 is 9.18 Å². The molecule has 144 valence electrons. The van der Waals surface area contributed by atoms with Crippen LogP contribution in [0.15, 0.2) is 54.6 Å². The smallest absolute Gasteiger partial charge is 0.230 e. The zero-order valence-electron chi connectivity index (χ0n) is 16.2. The summed E-state index contributed by atoms with van der Waals surface area (Å²) < 4.78 is 15.2. The largest absolute Gasteiger partial charge is 0.351 e. The molecule has 0 unspecified atom stereocenters. The highest BCUT2D eigenvalue weighted by atomic mass is 19.1. The summed E-state index contributed by atoms with van der Waals surface area (Å²) in [7, 11) is 0. The highest BCUT2D eigenvalue weighted by Gasteiger charge is 2.45. The molecule has 1 amide bonds. The first-order valence-corrected chi connectivity index (χ1v) is 9.66. The summed E-state index contributed by atoms with van der Waals surface area (Å²) in [6, 6.07) is 16.3. The molecule has 5 heteroatoms. The first kappa shape index (κ1) is 18.4. The summed E-state index contributed by atoms with van der Waals surface area (Å²) in [6.07, 6.45) is 2.60. The molecule has 0 saturated heterocycles. The third kappa shape index (κ3) is 3.11. The van der Waals surface area contributed by atoms with Gasteiger partial charge in [0.1, 0.15) is 5.82 Å². The van der Waals surface area contributed by atoms with E-state index in [1.807, 2.05) is 48.9 Å². The number of carbonyl (C=O) groups excluding carboxylic acids is 1. The van der Waals surface area contributed by atoms with Crippen LogP contribution >= 0.6 is 0 Å². The minimum absolute atomic E-state index is 0.0108. The van der Waals surface area contributed by atoms with Crippen LogP contribution < -0.4 is 5.32 Å². The van der Waals surface area contributed by atoms with Crippen LogP contribution in [-0.2, 0) is 16.8 Å². The van der Waals surface area contributed by atoms with E-state index in [-0.39, 0.29) is 11.7 Å². The Bertz CT molecular complexity index is 989. The van der Waals surface area contributed by atoms with E-state index in [1.54, 1.807) is 12.1 Å². The predicted octanol–water partition coefficient (Wildman–Crippen LogP) is 4.37. The van der Waals surface area contributed by atoms with Gasteiger partial charge in [-0.3, -0.25) is 4.79 Å². The Morgan fingerprint density at radius 1 is 1.11 bits per heavy atom. The number of nitrogens with zero attached hydrogens (tertiary/aromatic N) is 2. The first-order chi connectivity index (χ1) is 13.5. The van der Waals surface area contributed by atoms with Gasteiger partial charge in [-0.05, 0) is 56.5 Å². The van der Waals surface area contributed by atoms with Crippen LogP contribution in [0.2, 0.25) is 0 Å². The molecule has 4 rings (SSSR count). The third-order valence-corrected chi connectivity index (χ3v) is 5.91. The standard InChI is InChI=1S/C23H24FN3O/c1-16-21(17(2)27(26-16)20-7-4-3-5-8-20)15-25-22(28)23(13-6-14-23)18-9-11-19(24)12-10-18/h3-5,7-12H,6,13-15H2,1-2H3,(H,25,28). The molecule has 0 aliphatic heterocycles. The van der Waals surface area contributed by atoms with Crippen LogP contribution in [-0.4, -0.2) is 15.7 Å². The first-order valence-electron chi connectivity index (χ1n) is 9.66. The number of rotatable bonds is 5. The summed E-state index contributed by atoms with van der Waals surface area (Å²) >= 11 is 0. The SMILES string of the molecule is Cc1nn(-c2ccccc2)c(C)c1CNC(=O)C1(c2ccc(F)cc2)CCC1. The van der Waals surface area contributed by atoms with Gasteiger partial charge in [-0.2, -0.15) is 5.10 Å². The van der Waals surface area contributed by atoms with Crippen LogP contribution in [0, 0.1) is 19.7 Å². The van der Waals surface area contributed by atoms with Crippen molar-refractivity contribution in [2.24, 2.45) is 0 Å². The molecule has 3 aromatic rings. The molecule has 1 N–H and O–H groups in total. The molecule has 28 heavy (non-hydrogen) atoms. The molecule has 2 aromatic carbocycles. The summed E-state index contributed by atoms with van der Waals surface area (Å²) in [6.45, 7) is 4.42. The van der Waals surface area contributed by atoms with Crippen molar-refractivity contribution in [1.29, 1.82) is 0 Å². The van der Waals surface area contributed by atoms with Gasteiger partial charge in [-0.25, -0.2) is 9.07 Å². The number of benzene rings is 2. The van der Waals surface area contributed by atoms with E-state index in [4.69, 9.17) is 0 Å². The lowest BCUT2D eigenvalue weighted by Gasteiger charge is -2.40. The van der Waals surface area contributed by atoms with Crippen LogP contribution in [0.3, 0.4) is 0 Å². The molecule has 0 spiro atoms. The number of para-hydroxylation sites is 1. The number of carbonyl (C=O) groups is 1. The van der Waals surface area contributed by atoms with Gasteiger partial charge in [0.2, 0.25) is 5.91 Å². The Balaban J connectivity index is 1.54. The highest BCUT2D eigenvalue weighted by molar-refractivity contribution is 5.89. The van der Waals surface area contributed by atoms with E-state index < -0.39 is 5.41 Å². The zero-order valence-corrected chi connectivity index (χ0v) is 16.2. The molecule has 1 aromatic heterocycles. The number of hydrogen-bond acceptors (Lipinski definition) is 2. The molecule has 0 bridgehead atoms. The summed E-state index contributed by atoms with van der Waals surface area (Å²) in [5.74, 6) is -0.269. The molecule has 1 heterocycles.